The van der Waals surface area contributed by atoms with E-state index in [0.717, 1.165) is 14.5 Å². The molecular weight excluding hydrogens is 393 g/mol. The minimum atomic E-state index is -1.05. The van der Waals surface area contributed by atoms with Crippen LogP contribution in [0.3, 0.4) is 0 Å². The van der Waals surface area contributed by atoms with E-state index in [1.54, 1.807) is 13.8 Å². The number of hydrogen-bond donors (Lipinski definition) is 0. The summed E-state index contributed by atoms with van der Waals surface area (Å²) >= 11 is 0.640. The van der Waals surface area contributed by atoms with E-state index in [-0.39, 0.29) is 6.42 Å². The summed E-state index contributed by atoms with van der Waals surface area (Å²) in [5.74, 6) is -2.53. The fraction of sp³-hybridized carbons (Fsp3) is 0.438. The SMILES string of the molecule is C[C@@H]1CC(=O)O[C@@H](C)C(=O)/C=C/C(=O)O[C@@H](C)[C](=[Y])/C=C/C(=O)O1. The molecule has 24 heavy (non-hydrogen) atoms. The van der Waals surface area contributed by atoms with Crippen LogP contribution in [0.15, 0.2) is 24.3 Å². The molecule has 1 heterocycles. The van der Waals surface area contributed by atoms with Gasteiger partial charge in [-0.3, -0.25) is 0 Å². The normalized spacial score (nSPS) is 30.2. The van der Waals surface area contributed by atoms with E-state index in [0.29, 0.717) is 30.4 Å². The van der Waals surface area contributed by atoms with Gasteiger partial charge in [-0.1, -0.05) is 0 Å². The Hall–Kier alpha value is -1.47. The number of ketones is 1. The minimum absolute atomic E-state index is 0.170. The Balaban J connectivity index is 2.95. The zero-order valence-corrected chi connectivity index (χ0v) is 16.5. The second-order valence-electron chi connectivity index (χ2n) is 5.23. The van der Waals surface area contributed by atoms with Crippen LogP contribution in [0.2, 0.25) is 0 Å². The molecular formula is C16H18O7Y. The Morgan fingerprint density at radius 3 is 2.08 bits per heavy atom. The third-order valence-corrected chi connectivity index (χ3v) is 4.67. The van der Waals surface area contributed by atoms with Crippen molar-refractivity contribution in [3.8, 4) is 0 Å². The van der Waals surface area contributed by atoms with E-state index in [1.165, 1.54) is 19.1 Å². The van der Waals surface area contributed by atoms with E-state index >= 15 is 0 Å². The van der Waals surface area contributed by atoms with Gasteiger partial charge in [-0.05, 0) is 0 Å². The second-order valence-corrected chi connectivity index (χ2v) is 6.87. The first-order chi connectivity index (χ1) is 11.2. The Bertz CT molecular complexity index is 606. The van der Waals surface area contributed by atoms with Crippen molar-refractivity contribution in [1.82, 2.24) is 0 Å². The Morgan fingerprint density at radius 1 is 0.833 bits per heavy atom. The molecule has 0 aromatic heterocycles. The summed E-state index contributed by atoms with van der Waals surface area (Å²) in [5.41, 5.74) is 0. The van der Waals surface area contributed by atoms with E-state index in [4.69, 9.17) is 14.2 Å². The summed E-state index contributed by atoms with van der Waals surface area (Å²) < 4.78 is 15.9. The fourth-order valence-electron chi connectivity index (χ4n) is 1.68. The zero-order chi connectivity index (χ0) is 18.3. The van der Waals surface area contributed by atoms with Gasteiger partial charge in [-0.2, -0.15) is 0 Å². The first kappa shape index (κ1) is 20.6. The van der Waals surface area contributed by atoms with Gasteiger partial charge in [0.15, 0.2) is 0 Å². The molecule has 7 nitrogen and oxygen atoms in total. The van der Waals surface area contributed by atoms with Crippen molar-refractivity contribution in [3.05, 3.63) is 24.3 Å². The van der Waals surface area contributed by atoms with Crippen LogP contribution < -0.4 is 0 Å². The average Bonchev–Trinajstić information content (AvgIpc) is 2.48. The van der Waals surface area contributed by atoms with Crippen LogP contribution >= 0.6 is 0 Å². The molecule has 0 spiro atoms. The number of carbonyl (C=O) groups is 4. The topological polar surface area (TPSA) is 96.0 Å². The molecule has 0 amide bonds. The van der Waals surface area contributed by atoms with E-state index in [2.05, 4.69) is 0 Å². The number of carbonyl (C=O) groups excluding carboxylic acids is 4. The molecule has 127 valence electrons. The number of esters is 3. The van der Waals surface area contributed by atoms with Crippen LogP contribution in [-0.2, 0) is 63.8 Å². The van der Waals surface area contributed by atoms with Gasteiger partial charge in [0, 0.05) is 0 Å². The monoisotopic (exact) mass is 411 g/mol. The summed E-state index contributed by atoms with van der Waals surface area (Å²) in [6.45, 7) is 4.61. The predicted octanol–water partition coefficient (Wildman–Crippen LogP) is 0.586. The van der Waals surface area contributed by atoms with Crippen molar-refractivity contribution in [2.45, 2.75) is 45.5 Å². The van der Waals surface area contributed by atoms with Gasteiger partial charge in [0.1, 0.15) is 0 Å². The van der Waals surface area contributed by atoms with E-state index < -0.39 is 42.0 Å². The fourth-order valence-corrected chi connectivity index (χ4v) is 2.09. The molecule has 0 aromatic rings. The molecule has 0 radical (unpaired) electrons. The van der Waals surface area contributed by atoms with Gasteiger partial charge in [-0.15, -0.1) is 0 Å². The van der Waals surface area contributed by atoms with Crippen LogP contribution in [-0.4, -0.2) is 44.3 Å². The van der Waals surface area contributed by atoms with Crippen molar-refractivity contribution in [2.24, 2.45) is 0 Å². The van der Waals surface area contributed by atoms with Crippen molar-refractivity contribution >= 4 is 26.0 Å². The summed E-state index contributed by atoms with van der Waals surface area (Å²) in [6, 6.07) is 0. The van der Waals surface area contributed by atoms with Crippen molar-refractivity contribution in [1.29, 1.82) is 0 Å². The molecule has 0 aliphatic carbocycles. The second kappa shape index (κ2) is 9.74. The molecule has 0 unspecified atom stereocenters. The third kappa shape index (κ3) is 7.40. The summed E-state index contributed by atoms with van der Waals surface area (Å²) in [6.07, 6.45) is 2.33. The maximum atomic E-state index is 11.8. The Kier molecular flexibility index (Phi) is 8.35. The maximum absolute atomic E-state index is 11.8. The molecule has 0 N–H and O–H groups in total. The predicted molar refractivity (Wildman–Crippen MR) is 79.6 cm³/mol. The first-order valence-corrected chi connectivity index (χ1v) is 8.74. The van der Waals surface area contributed by atoms with E-state index in [1.807, 2.05) is 0 Å². The van der Waals surface area contributed by atoms with Crippen LogP contribution in [0.5, 0.6) is 0 Å². The Labute approximate surface area is 159 Å². The molecule has 1 aliphatic heterocycles. The molecule has 0 bridgehead atoms. The van der Waals surface area contributed by atoms with Crippen molar-refractivity contribution < 1.29 is 63.8 Å². The molecule has 1 rings (SSSR count). The van der Waals surface area contributed by atoms with Gasteiger partial charge in [0.2, 0.25) is 0 Å². The van der Waals surface area contributed by atoms with Crippen LogP contribution in [0.1, 0.15) is 27.2 Å². The molecule has 0 aromatic carbocycles. The number of rotatable bonds is 0. The summed E-state index contributed by atoms with van der Waals surface area (Å²) in [4.78, 5) is 46.9. The summed E-state index contributed by atoms with van der Waals surface area (Å²) in [7, 11) is 0. The van der Waals surface area contributed by atoms with Crippen LogP contribution in [0, 0.1) is 0 Å². The standard InChI is InChI=1S/C16H18O7.Y/c1-10-5-4-6-14(18)22-11(2)9-16(20)23-12(3)13(17)7-8-15(19)21-10;/h4,6-8,10-12H,9H2,1-3H3;/b6-4+,8-7+;/t10-,11+,12-;/m0./s1. The molecule has 0 saturated heterocycles. The van der Waals surface area contributed by atoms with Gasteiger partial charge >= 0.3 is 160 Å². The molecule has 0 saturated carbocycles. The van der Waals surface area contributed by atoms with Crippen LogP contribution in [0.25, 0.3) is 0 Å². The van der Waals surface area contributed by atoms with Gasteiger partial charge in [0.05, 0.1) is 0 Å². The number of ether oxygens (including phenoxy) is 3. The molecule has 8 heteroatoms. The molecule has 0 fully saturated rings. The van der Waals surface area contributed by atoms with Gasteiger partial charge in [-0.25, -0.2) is 0 Å². The number of hydrogen-bond acceptors (Lipinski definition) is 7. The van der Waals surface area contributed by atoms with Crippen LogP contribution in [0.4, 0.5) is 0 Å². The van der Waals surface area contributed by atoms with Crippen molar-refractivity contribution in [2.75, 3.05) is 0 Å². The quantitative estimate of drug-likeness (QED) is 0.425. The van der Waals surface area contributed by atoms with Gasteiger partial charge < -0.3 is 0 Å². The zero-order valence-electron chi connectivity index (χ0n) is 13.7. The molecule has 1 aliphatic rings. The first-order valence-electron chi connectivity index (χ1n) is 7.32. The van der Waals surface area contributed by atoms with Gasteiger partial charge in [0.25, 0.3) is 0 Å². The molecule has 3 atom stereocenters. The average molecular weight is 411 g/mol. The van der Waals surface area contributed by atoms with E-state index in [9.17, 15) is 19.2 Å². The van der Waals surface area contributed by atoms with Crippen molar-refractivity contribution in [3.63, 3.8) is 0 Å². The summed E-state index contributed by atoms with van der Waals surface area (Å²) in [5, 5.41) is 0. The Morgan fingerprint density at radius 2 is 1.42 bits per heavy atom. The third-order valence-electron chi connectivity index (χ3n) is 3.04. The number of cyclic esters (lactones) is 3.